The average Bonchev–Trinajstić information content (AvgIpc) is 2.79. The van der Waals surface area contributed by atoms with E-state index in [1.54, 1.807) is 6.07 Å². The van der Waals surface area contributed by atoms with E-state index in [9.17, 15) is 15.2 Å². The van der Waals surface area contributed by atoms with Crippen molar-refractivity contribution >= 4 is 34.3 Å². The van der Waals surface area contributed by atoms with Crippen molar-refractivity contribution in [2.45, 2.75) is 26.8 Å². The number of aromatic carboxylic acids is 1. The molecule has 0 saturated heterocycles. The summed E-state index contributed by atoms with van der Waals surface area (Å²) in [5.41, 5.74) is 5.77. The van der Waals surface area contributed by atoms with Crippen LogP contribution in [0, 0.1) is 25.2 Å². The highest BCUT2D eigenvalue weighted by Crippen LogP contribution is 2.31. The van der Waals surface area contributed by atoms with Crippen LogP contribution in [0.15, 0.2) is 48.5 Å². The molecule has 8 heteroatoms. The Kier molecular flexibility index (Phi) is 5.95. The van der Waals surface area contributed by atoms with Crippen LogP contribution >= 0.6 is 11.6 Å². The summed E-state index contributed by atoms with van der Waals surface area (Å²) >= 11 is 5.88. The van der Waals surface area contributed by atoms with Crippen LogP contribution in [0.4, 0.5) is 5.69 Å². The molecular weight excluding hydrogens is 438 g/mol. The van der Waals surface area contributed by atoms with Crippen LogP contribution in [0.3, 0.4) is 0 Å². The fraction of sp³-hybridized carbons (Fsp3) is 0.160. The maximum atomic E-state index is 11.6. The number of halogens is 1. The first kappa shape index (κ1) is 22.2. The number of fused-ring (bicyclic) bond motifs is 1. The van der Waals surface area contributed by atoms with Crippen molar-refractivity contribution in [3.8, 4) is 17.3 Å². The molecule has 33 heavy (non-hydrogen) atoms. The van der Waals surface area contributed by atoms with Gasteiger partial charge in [0, 0.05) is 11.1 Å². The first-order chi connectivity index (χ1) is 15.8. The molecule has 2 aromatic heterocycles. The van der Waals surface area contributed by atoms with Gasteiger partial charge in [-0.3, -0.25) is 0 Å². The van der Waals surface area contributed by atoms with Gasteiger partial charge in [0.25, 0.3) is 0 Å². The Hall–Kier alpha value is -4.02. The molecule has 7 nitrogen and oxygen atoms in total. The normalized spacial score (nSPS) is 11.7. The van der Waals surface area contributed by atoms with Crippen molar-refractivity contribution in [2.24, 2.45) is 0 Å². The van der Waals surface area contributed by atoms with E-state index in [0.29, 0.717) is 22.4 Å². The number of aryl methyl sites for hydroxylation is 2. The summed E-state index contributed by atoms with van der Waals surface area (Å²) < 4.78 is 0. The molecule has 0 amide bonds. The number of nitriles is 1. The second-order valence-electron chi connectivity index (χ2n) is 7.77. The minimum atomic E-state index is -1.18. The number of anilines is 1. The summed E-state index contributed by atoms with van der Waals surface area (Å²) in [6, 6.07) is 16.5. The third-order valence-corrected chi connectivity index (χ3v) is 5.56. The predicted octanol–water partition coefficient (Wildman–Crippen LogP) is 5.71. The first-order valence-corrected chi connectivity index (χ1v) is 10.6. The van der Waals surface area contributed by atoms with Crippen molar-refractivity contribution < 1.29 is 9.90 Å². The SMILES string of the molecule is Cc1cc([C@@H](C)Nc2ccc(Cl)nc2C(=O)O)c2nc(-c3ccccc3C)c(C#N)nc2c1. The summed E-state index contributed by atoms with van der Waals surface area (Å²) in [4.78, 5) is 25.1. The number of nitrogens with zero attached hydrogens (tertiary/aromatic N) is 4. The number of carbonyl (C=O) groups is 1. The van der Waals surface area contributed by atoms with Crippen LogP contribution in [-0.4, -0.2) is 26.0 Å². The Morgan fingerprint density at radius 3 is 2.58 bits per heavy atom. The number of carboxylic acids is 1. The minimum absolute atomic E-state index is 0.101. The van der Waals surface area contributed by atoms with Crippen LogP contribution in [-0.2, 0) is 0 Å². The van der Waals surface area contributed by atoms with E-state index in [2.05, 4.69) is 21.4 Å². The fourth-order valence-electron chi connectivity index (χ4n) is 3.79. The van der Waals surface area contributed by atoms with E-state index in [1.807, 2.05) is 57.2 Å². The van der Waals surface area contributed by atoms with E-state index in [4.69, 9.17) is 16.6 Å². The summed E-state index contributed by atoms with van der Waals surface area (Å²) in [6.07, 6.45) is 0. The summed E-state index contributed by atoms with van der Waals surface area (Å²) in [5, 5.41) is 22.6. The third kappa shape index (κ3) is 4.34. The van der Waals surface area contributed by atoms with Crippen LogP contribution in [0.1, 0.15) is 45.8 Å². The van der Waals surface area contributed by atoms with Gasteiger partial charge in [-0.05, 0) is 50.1 Å². The van der Waals surface area contributed by atoms with E-state index in [-0.39, 0.29) is 22.6 Å². The van der Waals surface area contributed by atoms with E-state index >= 15 is 0 Å². The zero-order chi connectivity index (χ0) is 23.7. The van der Waals surface area contributed by atoms with Gasteiger partial charge in [0.05, 0.1) is 22.8 Å². The van der Waals surface area contributed by atoms with Crippen molar-refractivity contribution in [2.75, 3.05) is 5.32 Å². The fourth-order valence-corrected chi connectivity index (χ4v) is 3.94. The van der Waals surface area contributed by atoms with Gasteiger partial charge >= 0.3 is 5.97 Å². The number of hydrogen-bond acceptors (Lipinski definition) is 6. The van der Waals surface area contributed by atoms with E-state index < -0.39 is 5.97 Å². The lowest BCUT2D eigenvalue weighted by Gasteiger charge is -2.19. The second-order valence-corrected chi connectivity index (χ2v) is 8.16. The van der Waals surface area contributed by atoms with Crippen molar-refractivity contribution in [1.82, 2.24) is 15.0 Å². The van der Waals surface area contributed by atoms with E-state index in [1.165, 1.54) is 6.07 Å². The van der Waals surface area contributed by atoms with Crippen molar-refractivity contribution in [3.05, 3.63) is 81.8 Å². The number of benzene rings is 2. The molecule has 0 fully saturated rings. The minimum Gasteiger partial charge on any atom is -0.476 e. The molecule has 0 saturated carbocycles. The maximum absolute atomic E-state index is 11.6. The predicted molar refractivity (Wildman–Crippen MR) is 127 cm³/mol. The van der Waals surface area contributed by atoms with Crippen LogP contribution in [0.2, 0.25) is 5.15 Å². The lowest BCUT2D eigenvalue weighted by molar-refractivity contribution is 0.0691. The van der Waals surface area contributed by atoms with Gasteiger partial charge in [-0.15, -0.1) is 0 Å². The number of aromatic nitrogens is 3. The molecular formula is C25H20ClN5O2. The molecule has 2 heterocycles. The monoisotopic (exact) mass is 457 g/mol. The van der Waals surface area contributed by atoms with Gasteiger partial charge in [0.2, 0.25) is 0 Å². The number of pyridine rings is 1. The molecule has 2 N–H and O–H groups in total. The van der Waals surface area contributed by atoms with Gasteiger partial charge < -0.3 is 10.4 Å². The zero-order valence-corrected chi connectivity index (χ0v) is 19.0. The average molecular weight is 458 g/mol. The van der Waals surface area contributed by atoms with Crippen LogP contribution in [0.25, 0.3) is 22.3 Å². The molecule has 0 aliphatic heterocycles. The van der Waals surface area contributed by atoms with Gasteiger partial charge in [-0.1, -0.05) is 41.9 Å². The summed E-state index contributed by atoms with van der Waals surface area (Å²) in [5.74, 6) is -1.18. The Morgan fingerprint density at radius 2 is 1.88 bits per heavy atom. The highest BCUT2D eigenvalue weighted by atomic mass is 35.5. The highest BCUT2D eigenvalue weighted by Gasteiger charge is 2.20. The van der Waals surface area contributed by atoms with Gasteiger partial charge in [-0.2, -0.15) is 5.26 Å². The van der Waals surface area contributed by atoms with Crippen LogP contribution in [0.5, 0.6) is 0 Å². The summed E-state index contributed by atoms with van der Waals surface area (Å²) in [7, 11) is 0. The standard InChI is InChI=1S/C25H20ClN5O2/c1-13-10-17(15(3)28-18-8-9-21(26)30-24(18)25(32)33)23-19(11-13)29-20(12-27)22(31-23)16-7-5-4-6-14(16)2/h4-11,15,28H,1-3H3,(H,32,33)/t15-/m1/s1. The molecule has 0 aliphatic carbocycles. The van der Waals surface area contributed by atoms with E-state index in [0.717, 1.165) is 22.3 Å². The lowest BCUT2D eigenvalue weighted by Crippen LogP contribution is -2.13. The molecule has 0 spiro atoms. The number of carboxylic acid groups (broad SMARTS) is 1. The van der Waals surface area contributed by atoms with Crippen molar-refractivity contribution in [3.63, 3.8) is 0 Å². The molecule has 0 bridgehead atoms. The molecule has 0 aliphatic rings. The quantitative estimate of drug-likeness (QED) is 0.369. The Labute approximate surface area is 195 Å². The Morgan fingerprint density at radius 1 is 1.12 bits per heavy atom. The number of nitrogens with one attached hydrogen (secondary N) is 1. The third-order valence-electron chi connectivity index (χ3n) is 5.35. The molecule has 4 aromatic rings. The number of rotatable bonds is 5. The Balaban J connectivity index is 1.88. The molecule has 0 radical (unpaired) electrons. The summed E-state index contributed by atoms with van der Waals surface area (Å²) in [6.45, 7) is 5.80. The topological polar surface area (TPSA) is 112 Å². The number of hydrogen-bond donors (Lipinski definition) is 2. The van der Waals surface area contributed by atoms with Gasteiger partial charge in [-0.25, -0.2) is 19.7 Å². The molecule has 2 aromatic carbocycles. The van der Waals surface area contributed by atoms with Gasteiger partial charge in [0.15, 0.2) is 11.4 Å². The smallest absolute Gasteiger partial charge is 0.356 e. The highest BCUT2D eigenvalue weighted by molar-refractivity contribution is 6.29. The zero-order valence-electron chi connectivity index (χ0n) is 18.2. The molecule has 1 atom stereocenters. The maximum Gasteiger partial charge on any atom is 0.356 e. The molecule has 0 unspecified atom stereocenters. The molecule has 4 rings (SSSR count). The second kappa shape index (κ2) is 8.85. The lowest BCUT2D eigenvalue weighted by atomic mass is 10.00. The van der Waals surface area contributed by atoms with Crippen molar-refractivity contribution in [1.29, 1.82) is 5.26 Å². The van der Waals surface area contributed by atoms with Gasteiger partial charge in [0.1, 0.15) is 16.9 Å². The largest absolute Gasteiger partial charge is 0.476 e. The van der Waals surface area contributed by atoms with Crippen LogP contribution < -0.4 is 5.32 Å². The Bertz CT molecular complexity index is 1450. The first-order valence-electron chi connectivity index (χ1n) is 10.2. The molecule has 164 valence electrons.